The van der Waals surface area contributed by atoms with Gasteiger partial charge in [0, 0.05) is 6.04 Å². The lowest BCUT2D eigenvalue weighted by Gasteiger charge is -2.23. The number of hydrogen-bond donors (Lipinski definition) is 2. The van der Waals surface area contributed by atoms with Crippen LogP contribution in [0.15, 0.2) is 18.2 Å². The molecule has 0 aromatic heterocycles. The summed E-state index contributed by atoms with van der Waals surface area (Å²) < 4.78 is 13.0. The summed E-state index contributed by atoms with van der Waals surface area (Å²) in [5, 5.41) is 7.08. The highest BCUT2D eigenvalue weighted by Crippen LogP contribution is 2.16. The molecule has 1 aromatic rings. The molecule has 94 valence electrons. The van der Waals surface area contributed by atoms with Crippen molar-refractivity contribution in [2.24, 2.45) is 0 Å². The van der Waals surface area contributed by atoms with E-state index in [1.54, 1.807) is 12.1 Å². The molecule has 1 aromatic carbocycles. The first kappa shape index (κ1) is 12.8. The molecule has 0 bridgehead atoms. The van der Waals surface area contributed by atoms with E-state index in [2.05, 4.69) is 10.6 Å². The minimum Gasteiger partial charge on any atom is -0.317 e. The minimum atomic E-state index is -0.346. The van der Waals surface area contributed by atoms with E-state index in [4.69, 9.17) is 11.6 Å². The van der Waals surface area contributed by atoms with E-state index < -0.39 is 0 Å². The molecule has 0 atom stereocenters. The van der Waals surface area contributed by atoms with Gasteiger partial charge in [-0.05, 0) is 56.6 Å². The zero-order valence-electron chi connectivity index (χ0n) is 9.81. The molecular formula is C13H18ClFN2. The van der Waals surface area contributed by atoms with Crippen LogP contribution in [0.2, 0.25) is 5.02 Å². The van der Waals surface area contributed by atoms with Crippen LogP contribution < -0.4 is 10.6 Å². The Morgan fingerprint density at radius 1 is 1.35 bits per heavy atom. The highest BCUT2D eigenvalue weighted by Gasteiger charge is 2.11. The topological polar surface area (TPSA) is 24.1 Å². The monoisotopic (exact) mass is 256 g/mol. The lowest BCUT2D eigenvalue weighted by Crippen LogP contribution is -2.40. The van der Waals surface area contributed by atoms with Crippen LogP contribution in [0.5, 0.6) is 0 Å². The minimum absolute atomic E-state index is 0.212. The van der Waals surface area contributed by atoms with Gasteiger partial charge in [-0.3, -0.25) is 0 Å². The van der Waals surface area contributed by atoms with E-state index in [9.17, 15) is 4.39 Å². The molecule has 17 heavy (non-hydrogen) atoms. The van der Waals surface area contributed by atoms with Crippen molar-refractivity contribution in [2.45, 2.75) is 25.3 Å². The maximum Gasteiger partial charge on any atom is 0.141 e. The van der Waals surface area contributed by atoms with Crippen molar-refractivity contribution in [3.63, 3.8) is 0 Å². The first-order chi connectivity index (χ1) is 8.25. The Hall–Kier alpha value is -0.640. The average Bonchev–Trinajstić information content (AvgIpc) is 2.35. The standard InChI is InChI=1S/C13H18ClFN2/c14-12-9-10(1-2-13(12)15)3-8-17-11-4-6-16-7-5-11/h1-2,9,11,16-17H,3-8H2. The van der Waals surface area contributed by atoms with E-state index in [1.165, 1.54) is 18.9 Å². The molecule has 2 N–H and O–H groups in total. The Balaban J connectivity index is 1.75. The molecule has 2 nitrogen and oxygen atoms in total. The third-order valence-electron chi connectivity index (χ3n) is 3.17. The fourth-order valence-corrected chi connectivity index (χ4v) is 2.34. The lowest BCUT2D eigenvalue weighted by molar-refractivity contribution is 0.389. The molecule has 1 fully saturated rings. The Labute approximate surface area is 107 Å². The Morgan fingerprint density at radius 2 is 2.12 bits per heavy atom. The van der Waals surface area contributed by atoms with Gasteiger partial charge in [0.25, 0.3) is 0 Å². The van der Waals surface area contributed by atoms with Gasteiger partial charge < -0.3 is 10.6 Å². The van der Waals surface area contributed by atoms with Gasteiger partial charge in [-0.2, -0.15) is 0 Å². The second-order valence-corrected chi connectivity index (χ2v) is 4.88. The lowest BCUT2D eigenvalue weighted by atomic mass is 10.1. The van der Waals surface area contributed by atoms with Gasteiger partial charge in [0.05, 0.1) is 5.02 Å². The molecule has 1 aliphatic rings. The van der Waals surface area contributed by atoms with E-state index in [0.717, 1.165) is 31.6 Å². The van der Waals surface area contributed by atoms with Gasteiger partial charge in [-0.1, -0.05) is 17.7 Å². The van der Waals surface area contributed by atoms with E-state index >= 15 is 0 Å². The molecule has 0 amide bonds. The van der Waals surface area contributed by atoms with E-state index in [1.807, 2.05) is 0 Å². The fraction of sp³-hybridized carbons (Fsp3) is 0.538. The SMILES string of the molecule is Fc1ccc(CCNC2CCNCC2)cc1Cl. The van der Waals surface area contributed by atoms with Gasteiger partial charge in [0.1, 0.15) is 5.82 Å². The summed E-state index contributed by atoms with van der Waals surface area (Å²) in [6.07, 6.45) is 3.26. The quantitative estimate of drug-likeness (QED) is 0.864. The van der Waals surface area contributed by atoms with Crippen LogP contribution in [0, 0.1) is 5.82 Å². The normalized spacial score (nSPS) is 17.3. The van der Waals surface area contributed by atoms with Crippen LogP contribution in [0.25, 0.3) is 0 Å². The maximum absolute atomic E-state index is 13.0. The predicted octanol–water partition coefficient (Wildman–Crippen LogP) is 2.36. The molecule has 0 aliphatic carbocycles. The number of nitrogens with one attached hydrogen (secondary N) is 2. The summed E-state index contributed by atoms with van der Waals surface area (Å²) in [7, 11) is 0. The molecule has 4 heteroatoms. The zero-order chi connectivity index (χ0) is 12.1. The van der Waals surface area contributed by atoms with Gasteiger partial charge in [0.15, 0.2) is 0 Å². The van der Waals surface area contributed by atoms with Crippen LogP contribution in [0.3, 0.4) is 0 Å². The third-order valence-corrected chi connectivity index (χ3v) is 3.46. The van der Waals surface area contributed by atoms with Crippen LogP contribution in [0.1, 0.15) is 18.4 Å². The molecular weight excluding hydrogens is 239 g/mol. The van der Waals surface area contributed by atoms with Crippen LogP contribution in [-0.4, -0.2) is 25.7 Å². The molecule has 0 radical (unpaired) electrons. The van der Waals surface area contributed by atoms with Crippen molar-refractivity contribution in [3.8, 4) is 0 Å². The zero-order valence-corrected chi connectivity index (χ0v) is 10.6. The van der Waals surface area contributed by atoms with Crippen molar-refractivity contribution in [1.29, 1.82) is 0 Å². The van der Waals surface area contributed by atoms with Crippen molar-refractivity contribution >= 4 is 11.6 Å². The fourth-order valence-electron chi connectivity index (χ4n) is 2.14. The summed E-state index contributed by atoms with van der Waals surface area (Å²) in [5.41, 5.74) is 1.08. The summed E-state index contributed by atoms with van der Waals surface area (Å²) in [4.78, 5) is 0. The van der Waals surface area contributed by atoms with Gasteiger partial charge in [-0.15, -0.1) is 0 Å². The molecule has 1 heterocycles. The summed E-state index contributed by atoms with van der Waals surface area (Å²) in [5.74, 6) is -0.346. The summed E-state index contributed by atoms with van der Waals surface area (Å²) in [6, 6.07) is 5.56. The maximum atomic E-state index is 13.0. The summed E-state index contributed by atoms with van der Waals surface area (Å²) in [6.45, 7) is 3.12. The highest BCUT2D eigenvalue weighted by molar-refractivity contribution is 6.30. The number of hydrogen-bond acceptors (Lipinski definition) is 2. The molecule has 2 rings (SSSR count). The van der Waals surface area contributed by atoms with Crippen molar-refractivity contribution in [2.75, 3.05) is 19.6 Å². The van der Waals surface area contributed by atoms with Gasteiger partial charge in [-0.25, -0.2) is 4.39 Å². The first-order valence-electron chi connectivity index (χ1n) is 6.14. The van der Waals surface area contributed by atoms with Crippen LogP contribution in [-0.2, 0) is 6.42 Å². The number of benzene rings is 1. The van der Waals surface area contributed by atoms with Crippen LogP contribution >= 0.6 is 11.6 Å². The molecule has 1 saturated heterocycles. The second kappa shape index (κ2) is 6.34. The molecule has 1 aliphatic heterocycles. The number of piperidine rings is 1. The summed E-state index contributed by atoms with van der Waals surface area (Å²) >= 11 is 5.74. The van der Waals surface area contributed by atoms with Gasteiger partial charge >= 0.3 is 0 Å². The van der Waals surface area contributed by atoms with E-state index in [-0.39, 0.29) is 10.8 Å². The molecule has 0 unspecified atom stereocenters. The molecule has 0 saturated carbocycles. The van der Waals surface area contributed by atoms with Gasteiger partial charge in [0.2, 0.25) is 0 Å². The third kappa shape index (κ3) is 3.95. The highest BCUT2D eigenvalue weighted by atomic mass is 35.5. The largest absolute Gasteiger partial charge is 0.317 e. The van der Waals surface area contributed by atoms with Crippen molar-refractivity contribution in [3.05, 3.63) is 34.6 Å². The Kier molecular flexibility index (Phi) is 4.77. The number of rotatable bonds is 4. The molecule has 0 spiro atoms. The van der Waals surface area contributed by atoms with Crippen LogP contribution in [0.4, 0.5) is 4.39 Å². The Morgan fingerprint density at radius 3 is 2.82 bits per heavy atom. The number of halogens is 2. The predicted molar refractivity (Wildman–Crippen MR) is 69.0 cm³/mol. The smallest absolute Gasteiger partial charge is 0.141 e. The second-order valence-electron chi connectivity index (χ2n) is 4.48. The van der Waals surface area contributed by atoms with Crippen molar-refractivity contribution < 1.29 is 4.39 Å². The first-order valence-corrected chi connectivity index (χ1v) is 6.51. The van der Waals surface area contributed by atoms with E-state index in [0.29, 0.717) is 6.04 Å². The van der Waals surface area contributed by atoms with Crippen molar-refractivity contribution in [1.82, 2.24) is 10.6 Å². The average molecular weight is 257 g/mol. The Bertz CT molecular complexity index is 364.